The van der Waals surface area contributed by atoms with Crippen LogP contribution in [0.4, 0.5) is 4.79 Å². The molecule has 156 valence electrons. The summed E-state index contributed by atoms with van der Waals surface area (Å²) >= 11 is 0. The number of H-pyrrole nitrogens is 1. The smallest absolute Gasteiger partial charge is 0.315 e. The molecule has 1 atom stereocenters. The summed E-state index contributed by atoms with van der Waals surface area (Å²) in [5, 5.41) is 3.60. The highest BCUT2D eigenvalue weighted by Crippen LogP contribution is 2.40. The Balaban J connectivity index is 1.52. The maximum atomic E-state index is 12.4. The van der Waals surface area contributed by atoms with Crippen molar-refractivity contribution in [1.29, 1.82) is 0 Å². The van der Waals surface area contributed by atoms with Gasteiger partial charge >= 0.3 is 6.03 Å². The van der Waals surface area contributed by atoms with Gasteiger partial charge in [0.2, 0.25) is 0 Å². The van der Waals surface area contributed by atoms with Crippen LogP contribution in [0.2, 0.25) is 0 Å². The van der Waals surface area contributed by atoms with Crippen LogP contribution >= 0.6 is 0 Å². The molecule has 0 spiro atoms. The number of amides is 2. The number of carbonyl (C=O) groups is 1. The molecule has 4 nitrogen and oxygen atoms in total. The Morgan fingerprint density at radius 1 is 0.875 bits per heavy atom. The Kier molecular flexibility index (Phi) is 4.25. The van der Waals surface area contributed by atoms with Gasteiger partial charge in [0.05, 0.1) is 6.04 Å². The molecule has 4 heteroatoms. The minimum absolute atomic E-state index is 0.200. The minimum atomic E-state index is -0.385. The Bertz CT molecular complexity index is 1480. The number of primary amides is 1. The fraction of sp³-hybridized carbons (Fsp3) is 0.107. The number of carbonyl (C=O) groups excluding carboxylic acids is 1. The van der Waals surface area contributed by atoms with E-state index in [0.29, 0.717) is 6.54 Å². The van der Waals surface area contributed by atoms with E-state index in [9.17, 15) is 4.79 Å². The van der Waals surface area contributed by atoms with Crippen LogP contribution in [0.25, 0.3) is 32.8 Å². The standard InChI is InChI=1S/C28H23N3O/c29-28(32)31-15-14-20-16-19(22-10-5-7-18-6-1-2-8-21(18)22)12-13-23(20)27(31)25-17-30-26-11-4-3-9-24(25)26/h1-13,16-17,27,30H,14-15H2,(H2,29,32). The summed E-state index contributed by atoms with van der Waals surface area (Å²) < 4.78 is 0. The highest BCUT2D eigenvalue weighted by molar-refractivity contribution is 5.96. The van der Waals surface area contributed by atoms with Crippen molar-refractivity contribution in [2.24, 2.45) is 5.73 Å². The van der Waals surface area contributed by atoms with E-state index in [1.807, 2.05) is 18.3 Å². The average molecular weight is 418 g/mol. The number of nitrogens with zero attached hydrogens (tertiary/aromatic N) is 1. The minimum Gasteiger partial charge on any atom is -0.361 e. The van der Waals surface area contributed by atoms with Crippen molar-refractivity contribution in [1.82, 2.24) is 9.88 Å². The molecular formula is C28H23N3O. The zero-order valence-corrected chi connectivity index (χ0v) is 17.6. The van der Waals surface area contributed by atoms with Crippen molar-refractivity contribution < 1.29 is 4.79 Å². The van der Waals surface area contributed by atoms with Crippen LogP contribution in [-0.4, -0.2) is 22.5 Å². The van der Waals surface area contributed by atoms with Crippen LogP contribution in [0.15, 0.2) is 91.1 Å². The van der Waals surface area contributed by atoms with Crippen LogP contribution in [0.1, 0.15) is 22.7 Å². The summed E-state index contributed by atoms with van der Waals surface area (Å²) in [4.78, 5) is 17.5. The largest absolute Gasteiger partial charge is 0.361 e. The van der Waals surface area contributed by atoms with E-state index >= 15 is 0 Å². The van der Waals surface area contributed by atoms with Crippen LogP contribution in [0.5, 0.6) is 0 Å². The number of para-hydroxylation sites is 1. The summed E-state index contributed by atoms with van der Waals surface area (Å²) in [6.07, 6.45) is 2.80. The zero-order chi connectivity index (χ0) is 21.7. The van der Waals surface area contributed by atoms with Crippen molar-refractivity contribution in [2.75, 3.05) is 6.54 Å². The molecule has 2 amide bonds. The number of rotatable bonds is 2. The van der Waals surface area contributed by atoms with Gasteiger partial charge in [-0.25, -0.2) is 4.79 Å². The first-order chi connectivity index (χ1) is 15.7. The van der Waals surface area contributed by atoms with E-state index < -0.39 is 0 Å². The first kappa shape index (κ1) is 18.7. The van der Waals surface area contributed by atoms with Gasteiger partial charge in [-0.15, -0.1) is 0 Å². The maximum Gasteiger partial charge on any atom is 0.315 e. The van der Waals surface area contributed by atoms with Gasteiger partial charge in [0.25, 0.3) is 0 Å². The van der Waals surface area contributed by atoms with Gasteiger partial charge in [-0.1, -0.05) is 78.9 Å². The number of nitrogens with one attached hydrogen (secondary N) is 1. The molecule has 4 aromatic carbocycles. The molecule has 0 saturated carbocycles. The second kappa shape index (κ2) is 7.27. The van der Waals surface area contributed by atoms with Gasteiger partial charge in [-0.3, -0.25) is 0 Å². The third kappa shape index (κ3) is 2.88. The number of hydrogen-bond donors (Lipinski definition) is 2. The van der Waals surface area contributed by atoms with E-state index in [1.54, 1.807) is 4.90 Å². The predicted molar refractivity (Wildman–Crippen MR) is 130 cm³/mol. The van der Waals surface area contributed by atoms with E-state index in [2.05, 4.69) is 77.8 Å². The summed E-state index contributed by atoms with van der Waals surface area (Å²) in [7, 11) is 0. The molecule has 1 unspecified atom stereocenters. The summed E-state index contributed by atoms with van der Waals surface area (Å²) in [5.41, 5.74) is 12.8. The molecule has 1 aliphatic rings. The molecular weight excluding hydrogens is 394 g/mol. The Hall–Kier alpha value is -4.05. The first-order valence-corrected chi connectivity index (χ1v) is 10.9. The number of nitrogens with two attached hydrogens (primary N) is 1. The quantitative estimate of drug-likeness (QED) is 0.363. The molecule has 5 aromatic rings. The number of aromatic amines is 1. The molecule has 2 heterocycles. The Morgan fingerprint density at radius 3 is 2.53 bits per heavy atom. The van der Waals surface area contributed by atoms with Gasteiger partial charge in [-0.05, 0) is 45.5 Å². The lowest BCUT2D eigenvalue weighted by Gasteiger charge is -2.36. The molecule has 0 radical (unpaired) electrons. The fourth-order valence-corrected chi connectivity index (χ4v) is 5.16. The molecule has 1 aromatic heterocycles. The lowest BCUT2D eigenvalue weighted by atomic mass is 9.85. The van der Waals surface area contributed by atoms with Gasteiger partial charge in [0, 0.05) is 29.2 Å². The van der Waals surface area contributed by atoms with E-state index in [-0.39, 0.29) is 12.1 Å². The van der Waals surface area contributed by atoms with Gasteiger partial charge < -0.3 is 15.6 Å². The van der Waals surface area contributed by atoms with E-state index in [0.717, 1.165) is 28.5 Å². The summed E-state index contributed by atoms with van der Waals surface area (Å²) in [6, 6.07) is 29.2. The Morgan fingerprint density at radius 2 is 1.66 bits per heavy atom. The average Bonchev–Trinajstić information content (AvgIpc) is 3.26. The highest BCUT2D eigenvalue weighted by atomic mass is 16.2. The number of aromatic nitrogens is 1. The number of hydrogen-bond acceptors (Lipinski definition) is 1. The van der Waals surface area contributed by atoms with E-state index in [4.69, 9.17) is 5.73 Å². The normalized spacial score (nSPS) is 15.8. The van der Waals surface area contributed by atoms with Crippen molar-refractivity contribution in [3.63, 3.8) is 0 Å². The SMILES string of the molecule is NC(=O)N1CCc2cc(-c3cccc4ccccc34)ccc2C1c1c[nH]c2ccccc12. The Labute approximate surface area is 186 Å². The third-order valence-electron chi connectivity index (χ3n) is 6.67. The third-order valence-corrected chi connectivity index (χ3v) is 6.67. The molecule has 0 saturated heterocycles. The summed E-state index contributed by atoms with van der Waals surface area (Å²) in [6.45, 7) is 0.603. The highest BCUT2D eigenvalue weighted by Gasteiger charge is 2.32. The molecule has 32 heavy (non-hydrogen) atoms. The molecule has 0 fully saturated rings. The van der Waals surface area contributed by atoms with Crippen LogP contribution in [0.3, 0.4) is 0 Å². The first-order valence-electron chi connectivity index (χ1n) is 10.9. The number of fused-ring (bicyclic) bond motifs is 3. The van der Waals surface area contributed by atoms with E-state index in [1.165, 1.54) is 27.5 Å². The lowest BCUT2D eigenvalue weighted by molar-refractivity contribution is 0.190. The van der Waals surface area contributed by atoms with Crippen molar-refractivity contribution in [2.45, 2.75) is 12.5 Å². The van der Waals surface area contributed by atoms with Crippen molar-refractivity contribution in [3.05, 3.63) is 108 Å². The molecule has 0 aliphatic carbocycles. The second-order valence-corrected chi connectivity index (χ2v) is 8.41. The predicted octanol–water partition coefficient (Wildman–Crippen LogP) is 6.01. The second-order valence-electron chi connectivity index (χ2n) is 8.41. The molecule has 1 aliphatic heterocycles. The zero-order valence-electron chi connectivity index (χ0n) is 17.6. The lowest BCUT2D eigenvalue weighted by Crippen LogP contribution is -2.43. The van der Waals surface area contributed by atoms with Gasteiger partial charge in [0.15, 0.2) is 0 Å². The van der Waals surface area contributed by atoms with Gasteiger partial charge in [-0.2, -0.15) is 0 Å². The number of benzene rings is 4. The fourth-order valence-electron chi connectivity index (χ4n) is 5.16. The van der Waals surface area contributed by atoms with Gasteiger partial charge in [0.1, 0.15) is 0 Å². The van der Waals surface area contributed by atoms with Crippen molar-refractivity contribution >= 4 is 27.7 Å². The van der Waals surface area contributed by atoms with Crippen molar-refractivity contribution in [3.8, 4) is 11.1 Å². The van der Waals surface area contributed by atoms with Crippen LogP contribution in [0, 0.1) is 0 Å². The number of urea groups is 1. The molecule has 0 bridgehead atoms. The van der Waals surface area contributed by atoms with Crippen LogP contribution in [-0.2, 0) is 6.42 Å². The summed E-state index contributed by atoms with van der Waals surface area (Å²) in [5.74, 6) is 0. The van der Waals surface area contributed by atoms with Crippen LogP contribution < -0.4 is 5.73 Å². The topological polar surface area (TPSA) is 62.1 Å². The molecule has 6 rings (SSSR count). The molecule has 3 N–H and O–H groups in total. The maximum absolute atomic E-state index is 12.4. The monoisotopic (exact) mass is 417 g/mol.